The lowest BCUT2D eigenvalue weighted by molar-refractivity contribution is 0.256. The van der Waals surface area contributed by atoms with E-state index < -0.39 is 36.6 Å². The number of nitrogens with zero attached hydrogens (tertiary/aromatic N) is 3. The zero-order chi connectivity index (χ0) is 36.8. The third-order valence-electron chi connectivity index (χ3n) is 9.88. The van der Waals surface area contributed by atoms with E-state index in [4.69, 9.17) is 5.14 Å². The molecule has 2 aromatic carbocycles. The number of nitrogens with one attached hydrogen (secondary N) is 2. The van der Waals surface area contributed by atoms with E-state index in [1.807, 2.05) is 28.2 Å². The van der Waals surface area contributed by atoms with Crippen LogP contribution >= 0.6 is 0 Å². The summed E-state index contributed by atoms with van der Waals surface area (Å²) in [6.07, 6.45) is 14.8. The molecule has 0 aromatic heterocycles. The van der Waals surface area contributed by atoms with Gasteiger partial charge >= 0.3 is 6.03 Å². The molecule has 0 fully saturated rings. The van der Waals surface area contributed by atoms with Crippen molar-refractivity contribution in [3.63, 3.8) is 0 Å². The van der Waals surface area contributed by atoms with Crippen molar-refractivity contribution >= 4 is 43.5 Å². The molecule has 14 heteroatoms. The van der Waals surface area contributed by atoms with Gasteiger partial charge in [0, 0.05) is 18.8 Å². The maximum atomic E-state index is 12.4. The first kappa shape index (κ1) is 39.7. The zero-order valence-electron chi connectivity index (χ0n) is 30.4. The number of anilines is 1. The Morgan fingerprint density at radius 3 is 1.52 bits per heavy atom. The Morgan fingerprint density at radius 2 is 1.14 bits per heavy atom. The first-order valence-corrected chi connectivity index (χ1v) is 20.7. The predicted octanol–water partition coefficient (Wildman–Crippen LogP) is 3.92. The van der Waals surface area contributed by atoms with Crippen LogP contribution in [-0.4, -0.2) is 90.5 Å². The van der Waals surface area contributed by atoms with Gasteiger partial charge < -0.3 is 15.1 Å². The van der Waals surface area contributed by atoms with Gasteiger partial charge in [-0.1, -0.05) is 12.1 Å². The highest BCUT2D eigenvalue weighted by Gasteiger charge is 2.28. The fourth-order valence-corrected chi connectivity index (χ4v) is 9.04. The first-order chi connectivity index (χ1) is 23.5. The Balaban J connectivity index is 0.000000190. The van der Waals surface area contributed by atoms with Gasteiger partial charge in [0.15, 0.2) is 0 Å². The number of aliphatic imine (C=N–C) groups is 1. The van der Waals surface area contributed by atoms with Gasteiger partial charge in [-0.25, -0.2) is 36.3 Å². The van der Waals surface area contributed by atoms with E-state index in [1.165, 1.54) is 57.3 Å². The standard InChI is InChI=1S/C18H27N3O3S.C13H13NO.C5H14N2O2S/c1-12(11-21(2)3)25(23,24)20-18(22)19-17-15-8-4-6-13(15)10-14-7-5-9-16(14)17;15-8-14-13-11-5-1-3-9(11)7-10-4-2-6-12(10)13;1-5(4-7(2)3)10(6,8)9/h10,12H,4-9,11H2,1-3H3,(H2,19,20,22);7H,1-6H2;5H,4H2,1-3H3,(H2,6,8,9). The number of aryl methyl sites for hydroxylation is 4. The SMILES string of the molecule is CC(CN(C)C)S(=O)(=O)NC(=O)Nc1c2c(cc3c1CCC3)CCC2.CC(CN(C)C)S(N)(=O)=O.O=C=Nc1c2c(cc3c1CCC3)CCC2. The number of benzene rings is 2. The molecule has 2 aromatic rings. The highest BCUT2D eigenvalue weighted by atomic mass is 32.2. The molecule has 4 N–H and O–H groups in total. The Bertz CT molecular complexity index is 1770. The number of urea groups is 1. The Hall–Kier alpha value is -3.13. The number of fused-ring (bicyclic) bond motifs is 4. The highest BCUT2D eigenvalue weighted by molar-refractivity contribution is 7.90. The van der Waals surface area contributed by atoms with Crippen molar-refractivity contribution in [1.82, 2.24) is 14.5 Å². The predicted molar refractivity (Wildman–Crippen MR) is 199 cm³/mol. The van der Waals surface area contributed by atoms with Gasteiger partial charge in [-0.3, -0.25) is 0 Å². The Kier molecular flexibility index (Phi) is 13.4. The largest absolute Gasteiger partial charge is 0.332 e. The maximum Gasteiger partial charge on any atom is 0.332 e. The Morgan fingerprint density at radius 1 is 0.740 bits per heavy atom. The third kappa shape index (κ3) is 10.0. The fourth-order valence-electron chi connectivity index (χ4n) is 7.53. The number of carbonyl (C=O) groups is 1. The van der Waals surface area contributed by atoms with Crippen LogP contribution in [0.15, 0.2) is 17.1 Å². The van der Waals surface area contributed by atoms with E-state index in [2.05, 4.69) is 27.2 Å². The van der Waals surface area contributed by atoms with Gasteiger partial charge in [-0.05, 0) is 164 Å². The molecule has 0 spiro atoms. The summed E-state index contributed by atoms with van der Waals surface area (Å²) in [4.78, 5) is 30.4. The lowest BCUT2D eigenvalue weighted by Gasteiger charge is -2.19. The van der Waals surface area contributed by atoms with Crippen molar-refractivity contribution < 1.29 is 26.4 Å². The van der Waals surface area contributed by atoms with Gasteiger partial charge in [0.1, 0.15) is 0 Å². The monoisotopic (exact) mass is 730 g/mol. The van der Waals surface area contributed by atoms with Crippen LogP contribution in [0.1, 0.15) is 84.0 Å². The quantitative estimate of drug-likeness (QED) is 0.258. The minimum atomic E-state index is -3.71. The number of carbonyl (C=O) groups excluding carboxylic acids is 2. The van der Waals surface area contributed by atoms with E-state index >= 15 is 0 Å². The molecule has 2 unspecified atom stereocenters. The molecule has 0 saturated carbocycles. The molecule has 0 bridgehead atoms. The topological polar surface area (TPSA) is 171 Å². The number of isocyanates is 1. The van der Waals surface area contributed by atoms with Crippen LogP contribution in [0.4, 0.5) is 16.2 Å². The second-order valence-electron chi connectivity index (χ2n) is 14.5. The molecule has 0 heterocycles. The molecule has 6 rings (SSSR count). The second-order valence-corrected chi connectivity index (χ2v) is 18.6. The number of hydrogen-bond donors (Lipinski definition) is 3. The summed E-state index contributed by atoms with van der Waals surface area (Å²) >= 11 is 0. The first-order valence-electron chi connectivity index (χ1n) is 17.6. The molecule has 0 aliphatic heterocycles. The summed E-state index contributed by atoms with van der Waals surface area (Å²) in [5, 5.41) is 6.59. The molecule has 4 aliphatic carbocycles. The van der Waals surface area contributed by atoms with E-state index in [9.17, 15) is 26.4 Å². The van der Waals surface area contributed by atoms with Crippen LogP contribution < -0.4 is 15.2 Å². The van der Waals surface area contributed by atoms with Gasteiger partial charge in [0.25, 0.3) is 0 Å². The van der Waals surface area contributed by atoms with Crippen molar-refractivity contribution in [3.8, 4) is 0 Å². The molecular formula is C36H54N6O6S2. The summed E-state index contributed by atoms with van der Waals surface area (Å²) in [6.45, 7) is 4.03. The molecule has 2 atom stereocenters. The molecule has 276 valence electrons. The summed E-state index contributed by atoms with van der Waals surface area (Å²) in [5.74, 6) is 0. The lowest BCUT2D eigenvalue weighted by atomic mass is 9.99. The van der Waals surface area contributed by atoms with Crippen LogP contribution in [-0.2, 0) is 76.2 Å². The number of sulfonamides is 2. The van der Waals surface area contributed by atoms with E-state index in [1.54, 1.807) is 29.7 Å². The van der Waals surface area contributed by atoms with Crippen LogP contribution in [0.25, 0.3) is 0 Å². The molecule has 4 aliphatic rings. The number of amides is 2. The van der Waals surface area contributed by atoms with Crippen LogP contribution in [0, 0.1) is 0 Å². The molecule has 0 saturated heterocycles. The molecule has 2 amide bonds. The highest BCUT2D eigenvalue weighted by Crippen LogP contribution is 2.40. The van der Waals surface area contributed by atoms with E-state index in [0.717, 1.165) is 75.6 Å². The average Bonchev–Trinajstić information content (AvgIpc) is 3.83. The third-order valence-corrected chi connectivity index (χ3v) is 12.8. The van der Waals surface area contributed by atoms with Crippen molar-refractivity contribution in [2.24, 2.45) is 10.1 Å². The van der Waals surface area contributed by atoms with Gasteiger partial charge in [0.05, 0.1) is 16.2 Å². The van der Waals surface area contributed by atoms with E-state index in [0.29, 0.717) is 13.1 Å². The van der Waals surface area contributed by atoms with Crippen molar-refractivity contribution in [2.75, 3.05) is 46.6 Å². The zero-order valence-corrected chi connectivity index (χ0v) is 32.0. The van der Waals surface area contributed by atoms with Crippen molar-refractivity contribution in [1.29, 1.82) is 0 Å². The normalized spacial score (nSPS) is 16.9. The summed E-state index contributed by atoms with van der Waals surface area (Å²) in [6, 6.07) is 3.97. The number of primary sulfonamides is 1. The number of nitrogens with two attached hydrogens (primary N) is 1. The second kappa shape index (κ2) is 16.9. The van der Waals surface area contributed by atoms with Gasteiger partial charge in [-0.2, -0.15) is 4.99 Å². The fraction of sp³-hybridized carbons (Fsp3) is 0.611. The Labute approximate surface area is 298 Å². The van der Waals surface area contributed by atoms with Crippen LogP contribution in [0.5, 0.6) is 0 Å². The van der Waals surface area contributed by atoms with Crippen molar-refractivity contribution in [3.05, 3.63) is 56.6 Å². The van der Waals surface area contributed by atoms with Crippen molar-refractivity contribution in [2.45, 2.75) is 101 Å². The molecule has 50 heavy (non-hydrogen) atoms. The average molecular weight is 731 g/mol. The minimum absolute atomic E-state index is 0.360. The van der Waals surface area contributed by atoms with Crippen LogP contribution in [0.2, 0.25) is 0 Å². The maximum absolute atomic E-state index is 12.4. The summed E-state index contributed by atoms with van der Waals surface area (Å²) < 4.78 is 48.1. The van der Waals surface area contributed by atoms with Gasteiger partial charge in [0.2, 0.25) is 26.1 Å². The van der Waals surface area contributed by atoms with Gasteiger partial charge in [-0.15, -0.1) is 0 Å². The molecule has 12 nitrogen and oxygen atoms in total. The summed E-state index contributed by atoms with van der Waals surface area (Å²) in [5.41, 5.74) is 12.3. The molecule has 0 radical (unpaired) electrons. The lowest BCUT2D eigenvalue weighted by Crippen LogP contribution is -2.43. The van der Waals surface area contributed by atoms with E-state index in [-0.39, 0.29) is 0 Å². The number of rotatable bonds is 9. The number of hydrogen-bond acceptors (Lipinski definition) is 9. The summed E-state index contributed by atoms with van der Waals surface area (Å²) in [7, 11) is 0.185. The van der Waals surface area contributed by atoms with Crippen LogP contribution in [0.3, 0.4) is 0 Å². The molecular weight excluding hydrogens is 677 g/mol. The smallest absolute Gasteiger partial charge is 0.308 e. The minimum Gasteiger partial charge on any atom is -0.308 e.